The first-order chi connectivity index (χ1) is 8.13. The van der Waals surface area contributed by atoms with Gasteiger partial charge in [0.25, 0.3) is 5.91 Å². The Morgan fingerprint density at radius 3 is 2.88 bits per heavy atom. The SMILES string of the molecule is C#CCC1NC(=O)N(c2cccc(N)c2)C1=O. The minimum Gasteiger partial charge on any atom is -0.399 e. The van der Waals surface area contributed by atoms with Crippen LogP contribution in [0.1, 0.15) is 6.42 Å². The first-order valence-electron chi connectivity index (χ1n) is 5.07. The Balaban J connectivity index is 2.31. The molecule has 3 N–H and O–H groups in total. The molecule has 0 spiro atoms. The highest BCUT2D eigenvalue weighted by molar-refractivity contribution is 6.21. The number of nitrogens with two attached hydrogens (primary N) is 1. The summed E-state index contributed by atoms with van der Waals surface area (Å²) in [5.41, 5.74) is 6.55. The van der Waals surface area contributed by atoms with Gasteiger partial charge in [0.15, 0.2) is 0 Å². The summed E-state index contributed by atoms with van der Waals surface area (Å²) in [7, 11) is 0. The second kappa shape index (κ2) is 4.18. The highest BCUT2D eigenvalue weighted by Gasteiger charge is 2.38. The van der Waals surface area contributed by atoms with Crippen molar-refractivity contribution in [1.82, 2.24) is 5.32 Å². The molecule has 0 radical (unpaired) electrons. The molecular formula is C12H11N3O2. The summed E-state index contributed by atoms with van der Waals surface area (Å²) in [4.78, 5) is 24.6. The Kier molecular flexibility index (Phi) is 2.71. The van der Waals surface area contributed by atoms with Crippen LogP contribution in [0.4, 0.5) is 16.2 Å². The Morgan fingerprint density at radius 2 is 2.24 bits per heavy atom. The van der Waals surface area contributed by atoms with Gasteiger partial charge in [-0.1, -0.05) is 6.07 Å². The summed E-state index contributed by atoms with van der Waals surface area (Å²) in [6.45, 7) is 0. The van der Waals surface area contributed by atoms with E-state index in [2.05, 4.69) is 11.2 Å². The quantitative estimate of drug-likeness (QED) is 0.445. The van der Waals surface area contributed by atoms with Gasteiger partial charge in [0.05, 0.1) is 5.69 Å². The molecule has 17 heavy (non-hydrogen) atoms. The molecule has 1 aromatic rings. The van der Waals surface area contributed by atoms with Crippen LogP contribution >= 0.6 is 0 Å². The van der Waals surface area contributed by atoms with Crippen molar-refractivity contribution in [3.8, 4) is 12.3 Å². The number of hydrogen-bond donors (Lipinski definition) is 2. The van der Waals surface area contributed by atoms with E-state index in [0.29, 0.717) is 11.4 Å². The molecule has 1 aliphatic heterocycles. The molecule has 1 saturated heterocycles. The van der Waals surface area contributed by atoms with E-state index in [9.17, 15) is 9.59 Å². The monoisotopic (exact) mass is 229 g/mol. The van der Waals surface area contributed by atoms with Gasteiger partial charge in [0, 0.05) is 12.1 Å². The van der Waals surface area contributed by atoms with Gasteiger partial charge < -0.3 is 11.1 Å². The second-order valence-corrected chi connectivity index (χ2v) is 3.68. The van der Waals surface area contributed by atoms with E-state index in [1.165, 1.54) is 0 Å². The molecule has 1 atom stereocenters. The first-order valence-corrected chi connectivity index (χ1v) is 5.07. The zero-order chi connectivity index (χ0) is 12.4. The lowest BCUT2D eigenvalue weighted by Gasteiger charge is -2.12. The van der Waals surface area contributed by atoms with Crippen molar-refractivity contribution in [2.75, 3.05) is 10.6 Å². The number of carbonyl (C=O) groups is 2. The van der Waals surface area contributed by atoms with E-state index < -0.39 is 12.1 Å². The minimum absolute atomic E-state index is 0.184. The van der Waals surface area contributed by atoms with Gasteiger partial charge >= 0.3 is 6.03 Å². The third kappa shape index (κ3) is 1.93. The van der Waals surface area contributed by atoms with Crippen LogP contribution < -0.4 is 16.0 Å². The van der Waals surface area contributed by atoms with Crippen molar-refractivity contribution in [2.24, 2.45) is 0 Å². The number of nitrogens with zero attached hydrogens (tertiary/aromatic N) is 1. The zero-order valence-corrected chi connectivity index (χ0v) is 9.01. The van der Waals surface area contributed by atoms with E-state index in [1.807, 2.05) is 0 Å². The molecule has 1 aliphatic rings. The smallest absolute Gasteiger partial charge is 0.329 e. The number of nitrogen functional groups attached to an aromatic ring is 1. The number of benzene rings is 1. The number of imide groups is 1. The van der Waals surface area contributed by atoms with Gasteiger partial charge in [-0.05, 0) is 18.2 Å². The van der Waals surface area contributed by atoms with Crippen molar-refractivity contribution >= 4 is 23.3 Å². The van der Waals surface area contributed by atoms with E-state index in [1.54, 1.807) is 24.3 Å². The Morgan fingerprint density at radius 1 is 1.47 bits per heavy atom. The second-order valence-electron chi connectivity index (χ2n) is 3.68. The molecule has 1 unspecified atom stereocenters. The molecule has 86 valence electrons. The maximum atomic E-state index is 11.9. The lowest BCUT2D eigenvalue weighted by molar-refractivity contribution is -0.118. The molecule has 1 heterocycles. The van der Waals surface area contributed by atoms with Crippen LogP contribution in [-0.4, -0.2) is 18.0 Å². The van der Waals surface area contributed by atoms with Crippen LogP contribution in [-0.2, 0) is 4.79 Å². The summed E-state index contributed by atoms with van der Waals surface area (Å²) in [6, 6.07) is 5.46. The molecule has 0 aromatic heterocycles. The lowest BCUT2D eigenvalue weighted by Crippen LogP contribution is -2.31. The Bertz CT molecular complexity index is 519. The Hall–Kier alpha value is -2.48. The van der Waals surface area contributed by atoms with Crippen molar-refractivity contribution in [3.63, 3.8) is 0 Å². The van der Waals surface area contributed by atoms with Crippen LogP contribution in [0, 0.1) is 12.3 Å². The maximum Gasteiger partial charge on any atom is 0.329 e. The molecule has 3 amide bonds. The third-order valence-corrected chi connectivity index (χ3v) is 2.47. The number of terminal acetylenes is 1. The molecule has 2 rings (SSSR count). The number of anilines is 2. The topological polar surface area (TPSA) is 75.4 Å². The summed E-state index contributed by atoms with van der Waals surface area (Å²) in [5, 5.41) is 2.53. The van der Waals surface area contributed by atoms with Gasteiger partial charge in [-0.2, -0.15) is 0 Å². The fourth-order valence-corrected chi connectivity index (χ4v) is 1.70. The van der Waals surface area contributed by atoms with Crippen molar-refractivity contribution in [2.45, 2.75) is 12.5 Å². The molecule has 1 fully saturated rings. The number of carbonyl (C=O) groups excluding carboxylic acids is 2. The molecule has 0 bridgehead atoms. The molecule has 0 aliphatic carbocycles. The molecule has 0 saturated carbocycles. The van der Waals surface area contributed by atoms with Crippen LogP contribution in [0.15, 0.2) is 24.3 Å². The summed E-state index contributed by atoms with van der Waals surface area (Å²) in [6.07, 6.45) is 5.32. The van der Waals surface area contributed by atoms with E-state index >= 15 is 0 Å². The van der Waals surface area contributed by atoms with E-state index in [0.717, 1.165) is 4.90 Å². The van der Waals surface area contributed by atoms with Crippen molar-refractivity contribution in [1.29, 1.82) is 0 Å². The average Bonchev–Trinajstić information content (AvgIpc) is 2.55. The van der Waals surface area contributed by atoms with Crippen molar-refractivity contribution in [3.05, 3.63) is 24.3 Å². The fraction of sp³-hybridized carbons (Fsp3) is 0.167. The van der Waals surface area contributed by atoms with Crippen LogP contribution in [0.2, 0.25) is 0 Å². The van der Waals surface area contributed by atoms with E-state index in [-0.39, 0.29) is 12.3 Å². The minimum atomic E-state index is -0.645. The average molecular weight is 229 g/mol. The standard InChI is InChI=1S/C12H11N3O2/c1-2-4-10-11(16)15(12(17)14-10)9-6-3-5-8(13)7-9/h1,3,5-7,10H,4,13H2,(H,14,17). The number of hydrogen-bond acceptors (Lipinski definition) is 3. The fourth-order valence-electron chi connectivity index (χ4n) is 1.70. The van der Waals surface area contributed by atoms with E-state index in [4.69, 9.17) is 12.2 Å². The largest absolute Gasteiger partial charge is 0.399 e. The highest BCUT2D eigenvalue weighted by Crippen LogP contribution is 2.22. The molecular weight excluding hydrogens is 218 g/mol. The summed E-state index contributed by atoms with van der Waals surface area (Å²) in [5.74, 6) is 2.01. The molecule has 5 heteroatoms. The Labute approximate surface area is 98.6 Å². The summed E-state index contributed by atoms with van der Waals surface area (Å²) < 4.78 is 0. The predicted molar refractivity (Wildman–Crippen MR) is 64.1 cm³/mol. The van der Waals surface area contributed by atoms with Crippen molar-refractivity contribution < 1.29 is 9.59 Å². The van der Waals surface area contributed by atoms with Gasteiger partial charge in [0.1, 0.15) is 6.04 Å². The number of rotatable bonds is 2. The highest BCUT2D eigenvalue weighted by atomic mass is 16.2. The third-order valence-electron chi connectivity index (χ3n) is 2.47. The first kappa shape index (κ1) is 11.0. The zero-order valence-electron chi connectivity index (χ0n) is 9.01. The van der Waals surface area contributed by atoms with Gasteiger partial charge in [-0.3, -0.25) is 4.79 Å². The molecule has 1 aromatic carbocycles. The number of amides is 3. The number of nitrogens with one attached hydrogen (secondary N) is 1. The van der Waals surface area contributed by atoms with Gasteiger partial charge in [0.2, 0.25) is 0 Å². The lowest BCUT2D eigenvalue weighted by atomic mass is 10.2. The van der Waals surface area contributed by atoms with Gasteiger partial charge in [-0.25, -0.2) is 9.69 Å². The van der Waals surface area contributed by atoms with Crippen LogP contribution in [0.5, 0.6) is 0 Å². The van der Waals surface area contributed by atoms with Crippen LogP contribution in [0.3, 0.4) is 0 Å². The maximum absolute atomic E-state index is 11.9. The summed E-state index contributed by atoms with van der Waals surface area (Å²) >= 11 is 0. The van der Waals surface area contributed by atoms with Gasteiger partial charge in [-0.15, -0.1) is 12.3 Å². The number of urea groups is 1. The molecule has 5 nitrogen and oxygen atoms in total. The van der Waals surface area contributed by atoms with Crippen LogP contribution in [0.25, 0.3) is 0 Å². The normalized spacial score (nSPS) is 19.0. The predicted octanol–water partition coefficient (Wildman–Crippen LogP) is 0.717.